The van der Waals surface area contributed by atoms with Gasteiger partial charge in [0.05, 0.1) is 6.07 Å². The quantitative estimate of drug-likeness (QED) is 0.666. The molecule has 1 aromatic rings. The fourth-order valence-corrected chi connectivity index (χ4v) is 2.53. The van der Waals surface area contributed by atoms with Crippen molar-refractivity contribution in [3.63, 3.8) is 0 Å². The fraction of sp³-hybridized carbons (Fsp3) is 0.611. The van der Waals surface area contributed by atoms with Gasteiger partial charge in [-0.05, 0) is 24.8 Å². The molecule has 1 aromatic carbocycles. The lowest BCUT2D eigenvalue weighted by atomic mass is 9.88. The zero-order valence-electron chi connectivity index (χ0n) is 13.0. The minimum absolute atomic E-state index is 0.491. The maximum absolute atomic E-state index is 9.78. The van der Waals surface area contributed by atoms with E-state index in [2.05, 4.69) is 18.3 Å². The van der Waals surface area contributed by atoms with Crippen molar-refractivity contribution >= 4 is 0 Å². The number of nitriles is 1. The van der Waals surface area contributed by atoms with Crippen LogP contribution in [-0.2, 0) is 10.3 Å². The van der Waals surface area contributed by atoms with Crippen molar-refractivity contribution in [3.05, 3.63) is 35.9 Å². The maximum Gasteiger partial charge on any atom is 0.134 e. The molecule has 1 unspecified atom stereocenters. The Hall–Kier alpha value is -1.37. The van der Waals surface area contributed by atoms with E-state index >= 15 is 0 Å². The summed E-state index contributed by atoms with van der Waals surface area (Å²) in [4.78, 5) is 0. The molecule has 1 aliphatic rings. The Morgan fingerprint density at radius 1 is 1.24 bits per heavy atom. The average molecular weight is 286 g/mol. The van der Waals surface area contributed by atoms with Crippen LogP contribution in [-0.4, -0.2) is 19.3 Å². The number of rotatable bonds is 10. The van der Waals surface area contributed by atoms with Gasteiger partial charge in [-0.15, -0.1) is 0 Å². The Morgan fingerprint density at radius 2 is 2.00 bits per heavy atom. The predicted molar refractivity (Wildman–Crippen MR) is 84.9 cm³/mol. The summed E-state index contributed by atoms with van der Waals surface area (Å²) >= 11 is 0. The van der Waals surface area contributed by atoms with E-state index in [1.165, 1.54) is 25.7 Å². The van der Waals surface area contributed by atoms with E-state index in [4.69, 9.17) is 4.74 Å². The first-order chi connectivity index (χ1) is 10.3. The third-order valence-corrected chi connectivity index (χ3v) is 4.00. The molecule has 0 bridgehead atoms. The highest BCUT2D eigenvalue weighted by atomic mass is 16.5. The SMILES string of the molecule is CCCCCOCCC(C#N)(NC1CC1)c1ccccc1. The number of hydrogen-bond donors (Lipinski definition) is 1. The van der Waals surface area contributed by atoms with Crippen LogP contribution in [0.2, 0.25) is 0 Å². The van der Waals surface area contributed by atoms with Crippen molar-refractivity contribution in [2.75, 3.05) is 13.2 Å². The second kappa shape index (κ2) is 8.17. The smallest absolute Gasteiger partial charge is 0.134 e. The molecule has 0 aliphatic heterocycles. The van der Waals surface area contributed by atoms with Crippen molar-refractivity contribution in [3.8, 4) is 6.07 Å². The van der Waals surface area contributed by atoms with Crippen molar-refractivity contribution < 1.29 is 4.74 Å². The molecule has 0 saturated heterocycles. The summed E-state index contributed by atoms with van der Waals surface area (Å²) in [7, 11) is 0. The van der Waals surface area contributed by atoms with Crippen molar-refractivity contribution in [2.45, 2.75) is 57.0 Å². The van der Waals surface area contributed by atoms with Crippen LogP contribution in [0.3, 0.4) is 0 Å². The van der Waals surface area contributed by atoms with Gasteiger partial charge in [-0.1, -0.05) is 50.1 Å². The van der Waals surface area contributed by atoms with E-state index in [1.54, 1.807) is 0 Å². The zero-order chi connectivity index (χ0) is 15.0. The van der Waals surface area contributed by atoms with Crippen LogP contribution in [0.5, 0.6) is 0 Å². The molecule has 0 radical (unpaired) electrons. The molecule has 3 nitrogen and oxygen atoms in total. The number of benzene rings is 1. The first kappa shape index (κ1) is 16.0. The highest BCUT2D eigenvalue weighted by Crippen LogP contribution is 2.31. The fourth-order valence-electron chi connectivity index (χ4n) is 2.53. The molecule has 3 heteroatoms. The lowest BCUT2D eigenvalue weighted by Crippen LogP contribution is -2.43. The third-order valence-electron chi connectivity index (χ3n) is 4.00. The molecule has 1 fully saturated rings. The second-order valence-corrected chi connectivity index (χ2v) is 5.87. The predicted octanol–water partition coefficient (Wildman–Crippen LogP) is 3.75. The first-order valence-electron chi connectivity index (χ1n) is 8.13. The van der Waals surface area contributed by atoms with Gasteiger partial charge >= 0.3 is 0 Å². The summed E-state index contributed by atoms with van der Waals surface area (Å²) in [6, 6.07) is 13.1. The van der Waals surface area contributed by atoms with E-state index in [-0.39, 0.29) is 0 Å². The van der Waals surface area contributed by atoms with E-state index in [0.717, 1.165) is 18.6 Å². The highest BCUT2D eigenvalue weighted by Gasteiger charge is 2.37. The van der Waals surface area contributed by atoms with E-state index in [9.17, 15) is 5.26 Å². The van der Waals surface area contributed by atoms with Crippen molar-refractivity contribution in [1.82, 2.24) is 5.32 Å². The lowest BCUT2D eigenvalue weighted by Gasteiger charge is -2.28. The normalized spacial score (nSPS) is 17.1. The third kappa shape index (κ3) is 4.84. The van der Waals surface area contributed by atoms with Gasteiger partial charge in [0.1, 0.15) is 5.54 Å². The van der Waals surface area contributed by atoms with E-state index in [0.29, 0.717) is 19.1 Å². The number of unbranched alkanes of at least 4 members (excludes halogenated alkanes) is 2. The highest BCUT2D eigenvalue weighted by molar-refractivity contribution is 5.32. The Bertz CT molecular complexity index is 450. The molecule has 1 aliphatic carbocycles. The number of ether oxygens (including phenoxy) is 1. The van der Waals surface area contributed by atoms with Gasteiger partial charge in [0.15, 0.2) is 0 Å². The van der Waals surface area contributed by atoms with Crippen LogP contribution in [0.1, 0.15) is 51.0 Å². The van der Waals surface area contributed by atoms with Gasteiger partial charge < -0.3 is 4.74 Å². The van der Waals surface area contributed by atoms with Gasteiger partial charge in [0.25, 0.3) is 0 Å². The second-order valence-electron chi connectivity index (χ2n) is 5.87. The van der Waals surface area contributed by atoms with Gasteiger partial charge in [0, 0.05) is 25.7 Å². The van der Waals surface area contributed by atoms with Gasteiger partial charge in [-0.3, -0.25) is 5.32 Å². The number of nitrogens with zero attached hydrogens (tertiary/aromatic N) is 1. The molecule has 1 atom stereocenters. The topological polar surface area (TPSA) is 45.0 Å². The molecule has 21 heavy (non-hydrogen) atoms. The molecule has 0 spiro atoms. The molecular formula is C18H26N2O. The molecule has 0 amide bonds. The van der Waals surface area contributed by atoms with Crippen LogP contribution < -0.4 is 5.32 Å². The molecular weight excluding hydrogens is 260 g/mol. The van der Waals surface area contributed by atoms with Crippen molar-refractivity contribution in [2.24, 2.45) is 0 Å². The largest absolute Gasteiger partial charge is 0.381 e. The summed E-state index contributed by atoms with van der Waals surface area (Å²) in [6.45, 7) is 3.62. The van der Waals surface area contributed by atoms with Crippen LogP contribution in [0.4, 0.5) is 0 Å². The maximum atomic E-state index is 9.78. The van der Waals surface area contributed by atoms with Crippen LogP contribution in [0.15, 0.2) is 30.3 Å². The minimum Gasteiger partial charge on any atom is -0.381 e. The Balaban J connectivity index is 1.94. The zero-order valence-corrected chi connectivity index (χ0v) is 13.0. The molecule has 1 N–H and O–H groups in total. The molecule has 1 saturated carbocycles. The molecule has 114 valence electrons. The summed E-state index contributed by atoms with van der Waals surface area (Å²) in [6.07, 6.45) is 6.58. The van der Waals surface area contributed by atoms with E-state index in [1.807, 2.05) is 30.3 Å². The number of hydrogen-bond acceptors (Lipinski definition) is 3. The van der Waals surface area contributed by atoms with Gasteiger partial charge in [-0.25, -0.2) is 0 Å². The Kier molecular flexibility index (Phi) is 6.22. The molecule has 0 heterocycles. The first-order valence-corrected chi connectivity index (χ1v) is 8.13. The van der Waals surface area contributed by atoms with Crippen LogP contribution >= 0.6 is 0 Å². The van der Waals surface area contributed by atoms with Crippen LogP contribution in [0.25, 0.3) is 0 Å². The van der Waals surface area contributed by atoms with Gasteiger partial charge in [-0.2, -0.15) is 5.26 Å². The number of nitrogens with one attached hydrogen (secondary N) is 1. The Labute approximate surface area is 128 Å². The van der Waals surface area contributed by atoms with Crippen LogP contribution in [0, 0.1) is 11.3 Å². The lowest BCUT2D eigenvalue weighted by molar-refractivity contribution is 0.112. The summed E-state index contributed by atoms with van der Waals surface area (Å²) < 4.78 is 5.73. The van der Waals surface area contributed by atoms with Gasteiger partial charge in [0.2, 0.25) is 0 Å². The van der Waals surface area contributed by atoms with Crippen molar-refractivity contribution in [1.29, 1.82) is 5.26 Å². The minimum atomic E-state index is -0.604. The summed E-state index contributed by atoms with van der Waals surface area (Å²) in [5, 5.41) is 13.3. The summed E-state index contributed by atoms with van der Waals surface area (Å²) in [5.74, 6) is 0. The van der Waals surface area contributed by atoms with E-state index < -0.39 is 5.54 Å². The molecule has 0 aromatic heterocycles. The Morgan fingerprint density at radius 3 is 2.62 bits per heavy atom. The molecule has 2 rings (SSSR count). The average Bonchev–Trinajstić information content (AvgIpc) is 3.34. The monoisotopic (exact) mass is 286 g/mol. The summed E-state index contributed by atoms with van der Waals surface area (Å²) in [5.41, 5.74) is 0.448. The standard InChI is InChI=1S/C18H26N2O/c1-2-3-7-13-21-14-12-18(15-19,20-17-10-11-17)16-8-5-4-6-9-16/h4-6,8-9,17,20H,2-3,7,10-14H2,1H3.